The Morgan fingerprint density at radius 3 is 2.62 bits per heavy atom. The molecule has 2 atom stereocenters. The summed E-state index contributed by atoms with van der Waals surface area (Å²) >= 11 is 0. The first kappa shape index (κ1) is 15.4. The lowest BCUT2D eigenvalue weighted by molar-refractivity contribution is -0.151. The number of aliphatic carboxylic acids is 1. The predicted octanol–water partition coefficient (Wildman–Crippen LogP) is 2.91. The highest BCUT2D eigenvalue weighted by molar-refractivity contribution is 5.97. The third-order valence-corrected chi connectivity index (χ3v) is 3.83. The average Bonchev–Trinajstić information content (AvgIpc) is 2.39. The number of carbonyl (C=O) groups is 2. The van der Waals surface area contributed by atoms with Crippen molar-refractivity contribution in [2.24, 2.45) is 11.8 Å². The molecule has 1 aromatic rings. The highest BCUT2D eigenvalue weighted by Crippen LogP contribution is 2.36. The van der Waals surface area contributed by atoms with Crippen LogP contribution < -0.4 is 10.1 Å². The van der Waals surface area contributed by atoms with Gasteiger partial charge in [0.05, 0.1) is 24.1 Å². The molecule has 0 heterocycles. The quantitative estimate of drug-likeness (QED) is 0.757. The fraction of sp³-hybridized carbons (Fsp3) is 0.500. The Bertz CT molecular complexity index is 515. The molecule has 0 aliphatic heterocycles. The molecule has 1 saturated carbocycles. The Morgan fingerprint density at radius 1 is 1.29 bits per heavy atom. The summed E-state index contributed by atoms with van der Waals surface area (Å²) < 4.78 is 5.65. The van der Waals surface area contributed by atoms with Gasteiger partial charge in [0.2, 0.25) is 5.91 Å². The standard InChI is InChI=1S/C16H21NO4/c1-2-3-10-21-14-7-5-4-6-13(14)17-15(18)11-8-9-12(11)16(19)20/h4-7,11-12H,2-3,8-10H2,1H3,(H,17,18)(H,19,20). The monoisotopic (exact) mass is 291 g/mol. The van der Waals surface area contributed by atoms with Gasteiger partial charge in [-0.1, -0.05) is 25.5 Å². The predicted molar refractivity (Wildman–Crippen MR) is 79.3 cm³/mol. The SMILES string of the molecule is CCCCOc1ccccc1NC(=O)C1CCC1C(=O)O. The van der Waals surface area contributed by atoms with E-state index in [0.29, 0.717) is 30.9 Å². The van der Waals surface area contributed by atoms with Crippen LogP contribution in [0.25, 0.3) is 0 Å². The molecule has 1 fully saturated rings. The molecule has 21 heavy (non-hydrogen) atoms. The van der Waals surface area contributed by atoms with Gasteiger partial charge in [0.25, 0.3) is 0 Å². The highest BCUT2D eigenvalue weighted by Gasteiger charge is 2.41. The van der Waals surface area contributed by atoms with Gasteiger partial charge in [0.1, 0.15) is 5.75 Å². The number of carboxylic acids is 1. The molecule has 1 aromatic carbocycles. The van der Waals surface area contributed by atoms with E-state index in [2.05, 4.69) is 12.2 Å². The maximum Gasteiger partial charge on any atom is 0.307 e. The summed E-state index contributed by atoms with van der Waals surface area (Å²) in [6.45, 7) is 2.68. The number of rotatable bonds is 7. The number of anilines is 1. The van der Waals surface area contributed by atoms with E-state index < -0.39 is 17.8 Å². The zero-order valence-corrected chi connectivity index (χ0v) is 12.2. The van der Waals surface area contributed by atoms with Crippen LogP contribution in [-0.2, 0) is 9.59 Å². The third kappa shape index (κ3) is 3.74. The summed E-state index contributed by atoms with van der Waals surface area (Å²) in [4.78, 5) is 23.1. The van der Waals surface area contributed by atoms with E-state index in [9.17, 15) is 9.59 Å². The van der Waals surface area contributed by atoms with Crippen LogP contribution in [0.1, 0.15) is 32.6 Å². The van der Waals surface area contributed by atoms with Gasteiger partial charge in [-0.05, 0) is 31.4 Å². The van der Waals surface area contributed by atoms with E-state index in [1.54, 1.807) is 12.1 Å². The molecule has 1 aliphatic rings. The van der Waals surface area contributed by atoms with E-state index in [1.165, 1.54) is 0 Å². The van der Waals surface area contributed by atoms with Crippen LogP contribution in [0, 0.1) is 11.8 Å². The Labute approximate surface area is 124 Å². The van der Waals surface area contributed by atoms with Crippen molar-refractivity contribution in [3.05, 3.63) is 24.3 Å². The Hall–Kier alpha value is -2.04. The van der Waals surface area contributed by atoms with Crippen LogP contribution in [0.3, 0.4) is 0 Å². The summed E-state index contributed by atoms with van der Waals surface area (Å²) in [6.07, 6.45) is 3.19. The fourth-order valence-corrected chi connectivity index (χ4v) is 2.36. The number of unbranched alkanes of at least 4 members (excludes halogenated alkanes) is 1. The van der Waals surface area contributed by atoms with E-state index in [4.69, 9.17) is 9.84 Å². The number of hydrogen-bond acceptors (Lipinski definition) is 3. The maximum atomic E-state index is 12.2. The third-order valence-electron chi connectivity index (χ3n) is 3.83. The van der Waals surface area contributed by atoms with Crippen molar-refractivity contribution < 1.29 is 19.4 Å². The molecule has 5 heteroatoms. The van der Waals surface area contributed by atoms with Crippen molar-refractivity contribution >= 4 is 17.6 Å². The number of carbonyl (C=O) groups excluding carboxylic acids is 1. The van der Waals surface area contributed by atoms with Crippen molar-refractivity contribution in [3.8, 4) is 5.75 Å². The first-order chi connectivity index (χ1) is 10.1. The number of para-hydroxylation sites is 2. The lowest BCUT2D eigenvalue weighted by atomic mass is 9.73. The number of hydrogen-bond donors (Lipinski definition) is 2. The largest absolute Gasteiger partial charge is 0.491 e. The van der Waals surface area contributed by atoms with Crippen LogP contribution in [0.5, 0.6) is 5.75 Å². The molecule has 5 nitrogen and oxygen atoms in total. The van der Waals surface area contributed by atoms with Crippen LogP contribution in [0.2, 0.25) is 0 Å². The van der Waals surface area contributed by atoms with Gasteiger partial charge in [0, 0.05) is 0 Å². The van der Waals surface area contributed by atoms with Crippen molar-refractivity contribution in [1.29, 1.82) is 0 Å². The topological polar surface area (TPSA) is 75.6 Å². The lowest BCUT2D eigenvalue weighted by Crippen LogP contribution is -2.41. The smallest absolute Gasteiger partial charge is 0.307 e. The molecule has 0 saturated heterocycles. The molecule has 0 aromatic heterocycles. The minimum Gasteiger partial charge on any atom is -0.491 e. The second-order valence-electron chi connectivity index (χ2n) is 5.32. The zero-order chi connectivity index (χ0) is 15.2. The number of amides is 1. The van der Waals surface area contributed by atoms with Gasteiger partial charge in [-0.25, -0.2) is 0 Å². The summed E-state index contributed by atoms with van der Waals surface area (Å²) in [5.41, 5.74) is 0.606. The first-order valence-electron chi connectivity index (χ1n) is 7.39. The Kier molecular flexibility index (Phi) is 5.20. The molecule has 0 bridgehead atoms. The van der Waals surface area contributed by atoms with Crippen LogP contribution in [-0.4, -0.2) is 23.6 Å². The maximum absolute atomic E-state index is 12.2. The minimum absolute atomic E-state index is 0.236. The molecule has 0 spiro atoms. The molecule has 2 rings (SSSR count). The molecule has 2 unspecified atom stereocenters. The van der Waals surface area contributed by atoms with Gasteiger partial charge in [-0.3, -0.25) is 9.59 Å². The highest BCUT2D eigenvalue weighted by atomic mass is 16.5. The lowest BCUT2D eigenvalue weighted by Gasteiger charge is -2.32. The second-order valence-corrected chi connectivity index (χ2v) is 5.32. The van der Waals surface area contributed by atoms with Gasteiger partial charge in [-0.15, -0.1) is 0 Å². The summed E-state index contributed by atoms with van der Waals surface area (Å²) in [7, 11) is 0. The van der Waals surface area contributed by atoms with E-state index >= 15 is 0 Å². The molecular formula is C16H21NO4. The number of carboxylic acid groups (broad SMARTS) is 1. The molecule has 1 amide bonds. The van der Waals surface area contributed by atoms with E-state index in [-0.39, 0.29) is 5.91 Å². The van der Waals surface area contributed by atoms with Crippen LogP contribution >= 0.6 is 0 Å². The number of nitrogens with one attached hydrogen (secondary N) is 1. The van der Waals surface area contributed by atoms with Crippen molar-refractivity contribution in [1.82, 2.24) is 0 Å². The summed E-state index contributed by atoms with van der Waals surface area (Å²) in [5, 5.41) is 11.8. The van der Waals surface area contributed by atoms with Crippen molar-refractivity contribution in [2.75, 3.05) is 11.9 Å². The molecular weight excluding hydrogens is 270 g/mol. The number of ether oxygens (including phenoxy) is 1. The number of benzene rings is 1. The summed E-state index contributed by atoms with van der Waals surface area (Å²) in [6, 6.07) is 7.24. The van der Waals surface area contributed by atoms with Gasteiger partial charge in [-0.2, -0.15) is 0 Å². The van der Waals surface area contributed by atoms with Crippen molar-refractivity contribution in [3.63, 3.8) is 0 Å². The minimum atomic E-state index is -0.895. The van der Waals surface area contributed by atoms with Gasteiger partial charge < -0.3 is 15.2 Å². The molecule has 2 N–H and O–H groups in total. The normalized spacial score (nSPS) is 20.4. The van der Waals surface area contributed by atoms with Gasteiger partial charge in [0.15, 0.2) is 0 Å². The van der Waals surface area contributed by atoms with Crippen LogP contribution in [0.4, 0.5) is 5.69 Å². The van der Waals surface area contributed by atoms with Crippen molar-refractivity contribution in [2.45, 2.75) is 32.6 Å². The molecule has 0 radical (unpaired) electrons. The Balaban J connectivity index is 1.99. The molecule has 114 valence electrons. The first-order valence-corrected chi connectivity index (χ1v) is 7.39. The average molecular weight is 291 g/mol. The summed E-state index contributed by atoms with van der Waals surface area (Å²) in [5.74, 6) is -1.50. The zero-order valence-electron chi connectivity index (χ0n) is 12.2. The Morgan fingerprint density at radius 2 is 2.00 bits per heavy atom. The fourth-order valence-electron chi connectivity index (χ4n) is 2.36. The second kappa shape index (κ2) is 7.11. The van der Waals surface area contributed by atoms with Gasteiger partial charge >= 0.3 is 5.97 Å². The molecule has 1 aliphatic carbocycles. The van der Waals surface area contributed by atoms with E-state index in [0.717, 1.165) is 12.8 Å². The van der Waals surface area contributed by atoms with E-state index in [1.807, 2.05) is 12.1 Å². The van der Waals surface area contributed by atoms with Crippen LogP contribution in [0.15, 0.2) is 24.3 Å².